The lowest BCUT2D eigenvalue weighted by molar-refractivity contribution is 0.0690. The average Bonchev–Trinajstić information content (AvgIpc) is 2.78. The van der Waals surface area contributed by atoms with E-state index in [4.69, 9.17) is 5.11 Å². The molecule has 2 rings (SSSR count). The summed E-state index contributed by atoms with van der Waals surface area (Å²) in [5, 5.41) is 15.5. The number of aromatic nitrogens is 2. The van der Waals surface area contributed by atoms with Gasteiger partial charge in [0.1, 0.15) is 0 Å². The molecule has 1 heterocycles. The summed E-state index contributed by atoms with van der Waals surface area (Å²) in [6.45, 7) is 2.24. The lowest BCUT2D eigenvalue weighted by atomic mass is 9.79. The van der Waals surface area contributed by atoms with E-state index >= 15 is 0 Å². The van der Waals surface area contributed by atoms with Gasteiger partial charge in [-0.25, -0.2) is 4.79 Å². The van der Waals surface area contributed by atoms with Gasteiger partial charge in [0.2, 0.25) is 0 Å². The number of carboxylic acid groups (broad SMARTS) is 1. The zero-order valence-corrected chi connectivity index (χ0v) is 9.57. The Morgan fingerprint density at radius 3 is 2.69 bits per heavy atom. The Kier molecular flexibility index (Phi) is 3.27. The lowest BCUT2D eigenvalue weighted by Gasteiger charge is -2.26. The maximum atomic E-state index is 10.7. The van der Waals surface area contributed by atoms with Crippen molar-refractivity contribution >= 4 is 5.97 Å². The van der Waals surface area contributed by atoms with Gasteiger partial charge < -0.3 is 5.11 Å². The number of carboxylic acids is 1. The Hall–Kier alpha value is -1.32. The monoisotopic (exact) mass is 222 g/mol. The van der Waals surface area contributed by atoms with Crippen molar-refractivity contribution in [3.05, 3.63) is 17.5 Å². The molecule has 0 aliphatic heterocycles. The Labute approximate surface area is 95.1 Å². The molecular formula is C12H18N2O2. The fourth-order valence-corrected chi connectivity index (χ4v) is 2.54. The maximum Gasteiger partial charge on any atom is 0.356 e. The second-order valence-corrected chi connectivity index (χ2v) is 4.64. The number of aromatic amines is 1. The first kappa shape index (κ1) is 11.2. The van der Waals surface area contributed by atoms with Crippen LogP contribution in [0.2, 0.25) is 0 Å². The third-order valence-electron chi connectivity index (χ3n) is 3.68. The first-order valence-corrected chi connectivity index (χ1v) is 5.99. The Balaban J connectivity index is 2.00. The van der Waals surface area contributed by atoms with Crippen LogP contribution in [0.4, 0.5) is 0 Å². The van der Waals surface area contributed by atoms with Crippen LogP contribution in [0.25, 0.3) is 0 Å². The summed E-state index contributed by atoms with van der Waals surface area (Å²) in [6, 6.07) is 1.68. The molecule has 1 saturated carbocycles. The van der Waals surface area contributed by atoms with Crippen molar-refractivity contribution in [2.24, 2.45) is 5.92 Å². The predicted molar refractivity (Wildman–Crippen MR) is 60.5 cm³/mol. The molecular weight excluding hydrogens is 204 g/mol. The number of aromatic carboxylic acids is 1. The lowest BCUT2D eigenvalue weighted by Crippen LogP contribution is -2.12. The van der Waals surface area contributed by atoms with E-state index in [1.165, 1.54) is 19.3 Å². The van der Waals surface area contributed by atoms with E-state index in [0.29, 0.717) is 5.92 Å². The highest BCUT2D eigenvalue weighted by molar-refractivity contribution is 5.85. The van der Waals surface area contributed by atoms with Crippen LogP contribution in [0.1, 0.15) is 61.1 Å². The topological polar surface area (TPSA) is 66.0 Å². The molecule has 1 aliphatic rings. The fourth-order valence-electron chi connectivity index (χ4n) is 2.54. The number of H-pyrrole nitrogens is 1. The summed E-state index contributed by atoms with van der Waals surface area (Å²) in [4.78, 5) is 10.7. The van der Waals surface area contributed by atoms with Crippen molar-refractivity contribution in [1.82, 2.24) is 10.2 Å². The third kappa shape index (κ3) is 2.26. The quantitative estimate of drug-likeness (QED) is 0.826. The van der Waals surface area contributed by atoms with Gasteiger partial charge in [-0.1, -0.05) is 13.3 Å². The summed E-state index contributed by atoms with van der Waals surface area (Å²) in [5.41, 5.74) is 1.12. The van der Waals surface area contributed by atoms with E-state index in [2.05, 4.69) is 17.1 Å². The Bertz CT molecular complexity index is 365. The van der Waals surface area contributed by atoms with Crippen LogP contribution in [-0.2, 0) is 0 Å². The highest BCUT2D eigenvalue weighted by Crippen LogP contribution is 2.36. The minimum Gasteiger partial charge on any atom is -0.476 e. The minimum absolute atomic E-state index is 0.132. The van der Waals surface area contributed by atoms with E-state index in [9.17, 15) is 4.79 Å². The van der Waals surface area contributed by atoms with Crippen LogP contribution in [0.5, 0.6) is 0 Å². The number of hydrogen-bond donors (Lipinski definition) is 2. The van der Waals surface area contributed by atoms with Crippen LogP contribution in [0.15, 0.2) is 6.07 Å². The summed E-state index contributed by atoms with van der Waals surface area (Å²) < 4.78 is 0. The molecule has 4 nitrogen and oxygen atoms in total. The van der Waals surface area contributed by atoms with E-state index in [1.54, 1.807) is 6.07 Å². The standard InChI is InChI=1S/C12H18N2O2/c1-2-8-3-5-9(6-4-8)10-7-11(12(15)16)14-13-10/h7-9H,2-6H2,1H3,(H,13,14)(H,15,16). The van der Waals surface area contributed by atoms with Crippen molar-refractivity contribution in [3.63, 3.8) is 0 Å². The molecule has 88 valence electrons. The zero-order chi connectivity index (χ0) is 11.5. The van der Waals surface area contributed by atoms with Crippen LogP contribution in [0, 0.1) is 5.92 Å². The van der Waals surface area contributed by atoms with Crippen molar-refractivity contribution in [2.75, 3.05) is 0 Å². The fraction of sp³-hybridized carbons (Fsp3) is 0.667. The number of nitrogens with zero attached hydrogens (tertiary/aromatic N) is 1. The number of hydrogen-bond acceptors (Lipinski definition) is 2. The van der Waals surface area contributed by atoms with Crippen molar-refractivity contribution < 1.29 is 9.90 Å². The Morgan fingerprint density at radius 1 is 1.50 bits per heavy atom. The molecule has 1 aromatic rings. The molecule has 0 spiro atoms. The highest BCUT2D eigenvalue weighted by Gasteiger charge is 2.23. The summed E-state index contributed by atoms with van der Waals surface area (Å²) in [7, 11) is 0. The van der Waals surface area contributed by atoms with E-state index in [0.717, 1.165) is 24.5 Å². The average molecular weight is 222 g/mol. The molecule has 0 amide bonds. The van der Waals surface area contributed by atoms with Gasteiger partial charge in [0.25, 0.3) is 0 Å². The van der Waals surface area contributed by atoms with Crippen molar-refractivity contribution in [2.45, 2.75) is 44.9 Å². The number of nitrogens with one attached hydrogen (secondary N) is 1. The van der Waals surface area contributed by atoms with Crippen LogP contribution < -0.4 is 0 Å². The molecule has 1 aliphatic carbocycles. The normalized spacial score (nSPS) is 25.6. The second-order valence-electron chi connectivity index (χ2n) is 4.64. The van der Waals surface area contributed by atoms with Crippen LogP contribution >= 0.6 is 0 Å². The molecule has 1 fully saturated rings. The first-order valence-electron chi connectivity index (χ1n) is 5.99. The van der Waals surface area contributed by atoms with Gasteiger partial charge in [0.05, 0.1) is 0 Å². The van der Waals surface area contributed by atoms with E-state index in [-0.39, 0.29) is 5.69 Å². The number of carbonyl (C=O) groups is 1. The van der Waals surface area contributed by atoms with E-state index < -0.39 is 5.97 Å². The van der Waals surface area contributed by atoms with Crippen molar-refractivity contribution in [3.8, 4) is 0 Å². The van der Waals surface area contributed by atoms with Gasteiger partial charge >= 0.3 is 5.97 Å². The second kappa shape index (κ2) is 4.68. The summed E-state index contributed by atoms with van der Waals surface area (Å²) in [6.07, 6.45) is 6.07. The minimum atomic E-state index is -0.954. The van der Waals surface area contributed by atoms with Crippen molar-refractivity contribution in [1.29, 1.82) is 0 Å². The summed E-state index contributed by atoms with van der Waals surface area (Å²) in [5.74, 6) is 0.381. The van der Waals surface area contributed by atoms with E-state index in [1.807, 2.05) is 0 Å². The molecule has 0 aromatic carbocycles. The van der Waals surface area contributed by atoms with Gasteiger partial charge in [0.15, 0.2) is 5.69 Å². The predicted octanol–water partition coefficient (Wildman–Crippen LogP) is 2.79. The first-order chi connectivity index (χ1) is 7.70. The smallest absolute Gasteiger partial charge is 0.356 e. The van der Waals surface area contributed by atoms with Gasteiger partial charge in [0, 0.05) is 11.6 Å². The third-order valence-corrected chi connectivity index (χ3v) is 3.68. The zero-order valence-electron chi connectivity index (χ0n) is 9.57. The van der Waals surface area contributed by atoms with Crippen LogP contribution in [0.3, 0.4) is 0 Å². The molecule has 0 unspecified atom stereocenters. The van der Waals surface area contributed by atoms with Gasteiger partial charge in [-0.3, -0.25) is 5.10 Å². The molecule has 0 atom stereocenters. The molecule has 1 aromatic heterocycles. The van der Waals surface area contributed by atoms with Gasteiger partial charge in [-0.2, -0.15) is 5.10 Å². The molecule has 0 saturated heterocycles. The van der Waals surface area contributed by atoms with Crippen LogP contribution in [-0.4, -0.2) is 21.3 Å². The maximum absolute atomic E-state index is 10.7. The molecule has 4 heteroatoms. The highest BCUT2D eigenvalue weighted by atomic mass is 16.4. The molecule has 16 heavy (non-hydrogen) atoms. The number of rotatable bonds is 3. The molecule has 2 N–H and O–H groups in total. The molecule has 0 bridgehead atoms. The Morgan fingerprint density at radius 2 is 2.19 bits per heavy atom. The summed E-state index contributed by atoms with van der Waals surface area (Å²) >= 11 is 0. The van der Waals surface area contributed by atoms with Gasteiger partial charge in [-0.15, -0.1) is 0 Å². The molecule has 0 radical (unpaired) electrons. The largest absolute Gasteiger partial charge is 0.476 e. The van der Waals surface area contributed by atoms with Gasteiger partial charge in [-0.05, 0) is 37.7 Å². The SMILES string of the molecule is CCC1CCC(c2cc(C(=O)O)n[nH]2)CC1.